The molecule has 5 nitrogen and oxygen atoms in total. The van der Waals surface area contributed by atoms with E-state index in [9.17, 15) is 0 Å². The molecule has 0 spiro atoms. The van der Waals surface area contributed by atoms with Crippen molar-refractivity contribution in [3.63, 3.8) is 0 Å². The van der Waals surface area contributed by atoms with E-state index in [0.29, 0.717) is 5.92 Å². The fourth-order valence-corrected chi connectivity index (χ4v) is 4.85. The molecule has 3 N–H and O–H groups in total. The molecular weight excluding hydrogens is 390 g/mol. The highest BCUT2D eigenvalue weighted by Crippen LogP contribution is 2.31. The molecule has 1 aliphatic rings. The maximum atomic E-state index is 4.56. The van der Waals surface area contributed by atoms with E-state index in [2.05, 4.69) is 74.0 Å². The average Bonchev–Trinajstić information content (AvgIpc) is 3.52. The first-order chi connectivity index (χ1) is 14.7. The van der Waals surface area contributed by atoms with Gasteiger partial charge in [-0.1, -0.05) is 18.2 Å². The van der Waals surface area contributed by atoms with E-state index in [0.717, 1.165) is 51.5 Å². The molecule has 152 valence electrons. The van der Waals surface area contributed by atoms with Crippen LogP contribution in [-0.2, 0) is 0 Å². The molecule has 0 aromatic carbocycles. The molecular formula is C24H25N5S. The molecule has 0 saturated carbocycles. The quantitative estimate of drug-likeness (QED) is 0.475. The topological polar surface area (TPSA) is 69.4 Å². The van der Waals surface area contributed by atoms with Crippen molar-refractivity contribution in [3.8, 4) is 22.5 Å². The Bertz CT molecular complexity index is 1300. The van der Waals surface area contributed by atoms with Gasteiger partial charge in [-0.2, -0.15) is 16.4 Å². The van der Waals surface area contributed by atoms with E-state index in [1.54, 1.807) is 11.3 Å². The lowest BCUT2D eigenvalue weighted by atomic mass is 9.91. The van der Waals surface area contributed by atoms with Gasteiger partial charge < -0.3 is 10.3 Å². The minimum Gasteiger partial charge on any atom is -0.352 e. The van der Waals surface area contributed by atoms with Crippen molar-refractivity contribution >= 4 is 34.9 Å². The number of pyridine rings is 1. The molecule has 1 fully saturated rings. The van der Waals surface area contributed by atoms with Crippen molar-refractivity contribution in [1.29, 1.82) is 0 Å². The molecule has 0 radical (unpaired) electrons. The van der Waals surface area contributed by atoms with Crippen LogP contribution in [0.2, 0.25) is 0 Å². The van der Waals surface area contributed by atoms with E-state index in [4.69, 9.17) is 0 Å². The largest absolute Gasteiger partial charge is 0.352 e. The second-order valence-electron chi connectivity index (χ2n) is 7.91. The number of hydrogen-bond acceptors (Lipinski definition) is 4. The van der Waals surface area contributed by atoms with Crippen LogP contribution in [-0.4, -0.2) is 33.3 Å². The van der Waals surface area contributed by atoms with Gasteiger partial charge in [0.1, 0.15) is 5.69 Å². The summed E-state index contributed by atoms with van der Waals surface area (Å²) in [5, 5.41) is 18.4. The summed E-state index contributed by atoms with van der Waals surface area (Å²) < 4.78 is 0. The zero-order chi connectivity index (χ0) is 20.5. The van der Waals surface area contributed by atoms with E-state index in [1.807, 2.05) is 12.4 Å². The van der Waals surface area contributed by atoms with Crippen molar-refractivity contribution < 1.29 is 0 Å². The Morgan fingerprint density at radius 1 is 1.27 bits per heavy atom. The average molecular weight is 416 g/mol. The standard InChI is InChI=1S/C24H25N5S/c1-15(17-5-8-25-9-6-17)3-4-21-16(2)24(29-28-21)22-11-19-20(18-7-10-30-14-18)12-26-13-23(19)27-22/h3-4,7,10-14,17,25,27-28H,2,5-6,8-9H2,1H3/b15-3+,21-4+. The fraction of sp³-hybridized carbons (Fsp3) is 0.250. The van der Waals surface area contributed by atoms with Crippen LogP contribution in [0.15, 0.2) is 46.9 Å². The van der Waals surface area contributed by atoms with Crippen LogP contribution in [0.3, 0.4) is 0 Å². The molecule has 30 heavy (non-hydrogen) atoms. The Kier molecular flexibility index (Phi) is 5.11. The number of piperidine rings is 1. The Labute approximate surface area is 179 Å². The van der Waals surface area contributed by atoms with Crippen molar-refractivity contribution in [2.24, 2.45) is 5.92 Å². The number of hydrogen-bond donors (Lipinski definition) is 3. The number of fused-ring (bicyclic) bond motifs is 1. The summed E-state index contributed by atoms with van der Waals surface area (Å²) in [5.41, 5.74) is 6.54. The number of H-pyrrole nitrogens is 2. The molecule has 4 aromatic rings. The van der Waals surface area contributed by atoms with Gasteiger partial charge in [0.25, 0.3) is 0 Å². The minimum atomic E-state index is 0.662. The first kappa shape index (κ1) is 19.0. The zero-order valence-corrected chi connectivity index (χ0v) is 17.9. The Balaban J connectivity index is 1.50. The van der Waals surface area contributed by atoms with Gasteiger partial charge in [-0.25, -0.2) is 0 Å². The summed E-state index contributed by atoms with van der Waals surface area (Å²) >= 11 is 1.69. The lowest BCUT2D eigenvalue weighted by Gasteiger charge is -2.23. The highest BCUT2D eigenvalue weighted by molar-refractivity contribution is 7.08. The first-order valence-electron chi connectivity index (χ1n) is 10.3. The molecule has 5 rings (SSSR count). The number of thiophene rings is 1. The van der Waals surface area contributed by atoms with Crippen LogP contribution >= 0.6 is 11.3 Å². The molecule has 5 heterocycles. The predicted molar refractivity (Wildman–Crippen MR) is 126 cm³/mol. The van der Waals surface area contributed by atoms with Crippen LogP contribution in [0.5, 0.6) is 0 Å². The van der Waals surface area contributed by atoms with Crippen LogP contribution in [0.4, 0.5) is 0 Å². The third kappa shape index (κ3) is 3.53. The summed E-state index contributed by atoms with van der Waals surface area (Å²) in [6.07, 6.45) is 10.5. The number of rotatable bonds is 4. The summed E-state index contributed by atoms with van der Waals surface area (Å²) in [5.74, 6) is 0.662. The molecule has 0 aliphatic carbocycles. The van der Waals surface area contributed by atoms with Gasteiger partial charge in [0.2, 0.25) is 0 Å². The van der Waals surface area contributed by atoms with Crippen LogP contribution in [0.25, 0.3) is 46.1 Å². The number of allylic oxidation sites excluding steroid dienone is 2. The number of nitrogens with zero attached hydrogens (tertiary/aromatic N) is 2. The molecule has 6 heteroatoms. The number of aromatic amines is 2. The van der Waals surface area contributed by atoms with Gasteiger partial charge in [0.15, 0.2) is 0 Å². The Morgan fingerprint density at radius 3 is 2.93 bits per heavy atom. The van der Waals surface area contributed by atoms with Gasteiger partial charge in [0.05, 0.1) is 22.8 Å². The molecule has 0 bridgehead atoms. The van der Waals surface area contributed by atoms with Crippen LogP contribution in [0, 0.1) is 5.92 Å². The van der Waals surface area contributed by atoms with E-state index >= 15 is 0 Å². The van der Waals surface area contributed by atoms with Gasteiger partial charge in [-0.05, 0) is 73.3 Å². The fourth-order valence-electron chi connectivity index (χ4n) is 4.19. The monoisotopic (exact) mass is 415 g/mol. The van der Waals surface area contributed by atoms with E-state index in [1.165, 1.54) is 24.0 Å². The lowest BCUT2D eigenvalue weighted by molar-refractivity contribution is 0.420. The number of aromatic nitrogens is 4. The first-order valence-corrected chi connectivity index (χ1v) is 11.3. The van der Waals surface area contributed by atoms with Crippen molar-refractivity contribution in [3.05, 3.63) is 57.5 Å². The second-order valence-corrected chi connectivity index (χ2v) is 8.69. The van der Waals surface area contributed by atoms with Crippen LogP contribution in [0.1, 0.15) is 19.8 Å². The zero-order valence-electron chi connectivity index (χ0n) is 17.0. The molecule has 4 aromatic heterocycles. The van der Waals surface area contributed by atoms with Crippen LogP contribution < -0.4 is 15.9 Å². The SMILES string of the molecule is C=c1c(-c2cc3c(-c4ccsc4)cncc3[nH]2)n[nH]/c1=C/C=C(\C)C1CCNCC1. The molecule has 1 aliphatic heterocycles. The van der Waals surface area contributed by atoms with Gasteiger partial charge in [0, 0.05) is 22.4 Å². The normalized spacial score (nSPS) is 16.6. The summed E-state index contributed by atoms with van der Waals surface area (Å²) in [4.78, 5) is 7.87. The maximum absolute atomic E-state index is 4.56. The summed E-state index contributed by atoms with van der Waals surface area (Å²) in [6, 6.07) is 4.27. The Morgan fingerprint density at radius 2 is 2.13 bits per heavy atom. The maximum Gasteiger partial charge on any atom is 0.116 e. The molecule has 1 saturated heterocycles. The third-order valence-electron chi connectivity index (χ3n) is 6.03. The summed E-state index contributed by atoms with van der Waals surface area (Å²) in [6.45, 7) is 8.73. The van der Waals surface area contributed by atoms with Gasteiger partial charge in [-0.15, -0.1) is 0 Å². The van der Waals surface area contributed by atoms with Crippen molar-refractivity contribution in [2.75, 3.05) is 13.1 Å². The number of nitrogens with one attached hydrogen (secondary N) is 3. The molecule has 0 amide bonds. The highest BCUT2D eigenvalue weighted by atomic mass is 32.1. The lowest BCUT2D eigenvalue weighted by Crippen LogP contribution is -2.28. The Hall–Kier alpha value is -2.96. The smallest absolute Gasteiger partial charge is 0.116 e. The molecule has 0 atom stereocenters. The highest BCUT2D eigenvalue weighted by Gasteiger charge is 2.14. The minimum absolute atomic E-state index is 0.662. The van der Waals surface area contributed by atoms with Gasteiger partial charge in [-0.3, -0.25) is 10.1 Å². The van der Waals surface area contributed by atoms with Crippen molar-refractivity contribution in [2.45, 2.75) is 19.8 Å². The summed E-state index contributed by atoms with van der Waals surface area (Å²) in [7, 11) is 0. The molecule has 0 unspecified atom stereocenters. The predicted octanol–water partition coefficient (Wildman–Crippen LogP) is 3.82. The van der Waals surface area contributed by atoms with E-state index < -0.39 is 0 Å². The third-order valence-corrected chi connectivity index (χ3v) is 6.71. The van der Waals surface area contributed by atoms with E-state index in [-0.39, 0.29) is 0 Å². The van der Waals surface area contributed by atoms with Gasteiger partial charge >= 0.3 is 0 Å². The van der Waals surface area contributed by atoms with Crippen molar-refractivity contribution in [1.82, 2.24) is 25.5 Å². The second kappa shape index (κ2) is 8.05.